The van der Waals surface area contributed by atoms with E-state index in [9.17, 15) is 9.90 Å². The lowest BCUT2D eigenvalue weighted by Gasteiger charge is -2.05. The van der Waals surface area contributed by atoms with E-state index in [1.807, 2.05) is 12.2 Å². The number of rotatable bonds is 14. The van der Waals surface area contributed by atoms with E-state index >= 15 is 0 Å². The Kier molecular flexibility index (Phi) is 10.2. The van der Waals surface area contributed by atoms with E-state index in [4.69, 9.17) is 9.84 Å². The molecule has 1 saturated heterocycles. The van der Waals surface area contributed by atoms with Crippen molar-refractivity contribution in [1.82, 2.24) is 0 Å². The number of epoxide rings is 1. The first kappa shape index (κ1) is 20.2. The summed E-state index contributed by atoms with van der Waals surface area (Å²) in [7, 11) is 0. The van der Waals surface area contributed by atoms with Gasteiger partial charge in [0.25, 0.3) is 0 Å². The summed E-state index contributed by atoms with van der Waals surface area (Å²) in [5.74, 6) is -1.06. The first-order valence-corrected chi connectivity index (χ1v) is 9.29. The molecule has 0 aromatic rings. The molecule has 4 heteroatoms. The Morgan fingerprint density at radius 2 is 1.78 bits per heavy atom. The zero-order chi connectivity index (χ0) is 17.1. The first-order valence-electron chi connectivity index (χ1n) is 9.29. The molecule has 1 heterocycles. The largest absolute Gasteiger partial charge is 0.481 e. The second-order valence-electron chi connectivity index (χ2n) is 6.82. The second kappa shape index (κ2) is 11.6. The molecule has 134 valence electrons. The summed E-state index contributed by atoms with van der Waals surface area (Å²) < 4.78 is 5.49. The highest BCUT2D eigenvalue weighted by Gasteiger charge is 2.36. The normalized spacial score (nSPS) is 23.1. The Balaban J connectivity index is 1.99. The molecule has 0 aliphatic carbocycles. The van der Waals surface area contributed by atoms with Crippen LogP contribution < -0.4 is 0 Å². The Morgan fingerprint density at radius 3 is 2.43 bits per heavy atom. The van der Waals surface area contributed by atoms with Crippen molar-refractivity contribution in [3.63, 3.8) is 0 Å². The van der Waals surface area contributed by atoms with E-state index in [1.165, 1.54) is 38.5 Å². The predicted octanol–water partition coefficient (Wildman–Crippen LogP) is 4.31. The van der Waals surface area contributed by atoms with E-state index in [1.54, 1.807) is 6.92 Å². The van der Waals surface area contributed by atoms with Crippen LogP contribution in [0.3, 0.4) is 0 Å². The summed E-state index contributed by atoms with van der Waals surface area (Å²) in [5.41, 5.74) is 0. The topological polar surface area (TPSA) is 70.1 Å². The van der Waals surface area contributed by atoms with Gasteiger partial charge < -0.3 is 14.9 Å². The van der Waals surface area contributed by atoms with Crippen LogP contribution >= 0.6 is 0 Å². The van der Waals surface area contributed by atoms with Crippen molar-refractivity contribution in [1.29, 1.82) is 0 Å². The average Bonchev–Trinajstić information content (AvgIpc) is 3.28. The Hall–Kier alpha value is -0.870. The van der Waals surface area contributed by atoms with Crippen molar-refractivity contribution in [3.05, 3.63) is 12.2 Å². The number of aliphatic carboxylic acids is 1. The smallest absolute Gasteiger partial charge is 0.306 e. The molecular formula is C19H34O4. The minimum atomic E-state index is -0.747. The van der Waals surface area contributed by atoms with Crippen molar-refractivity contribution in [2.24, 2.45) is 5.92 Å². The summed E-state index contributed by atoms with van der Waals surface area (Å²) in [6.45, 7) is 3.95. The molecule has 1 aliphatic heterocycles. The van der Waals surface area contributed by atoms with Gasteiger partial charge in [-0.1, -0.05) is 70.9 Å². The number of unbranched alkanes of at least 4 members (excludes halogenated alkanes) is 6. The number of aliphatic hydroxyl groups excluding tert-OH is 1. The molecule has 0 saturated carbocycles. The SMILES string of the molecule is CCCCCCCCCC(O)/C=C/C1OC1CCC(C)C(=O)O. The fraction of sp³-hybridized carbons (Fsp3) is 0.842. The Labute approximate surface area is 140 Å². The Morgan fingerprint density at radius 1 is 1.13 bits per heavy atom. The first-order chi connectivity index (χ1) is 11.0. The number of aliphatic hydroxyl groups is 1. The highest BCUT2D eigenvalue weighted by atomic mass is 16.6. The van der Waals surface area contributed by atoms with Gasteiger partial charge in [0, 0.05) is 0 Å². The van der Waals surface area contributed by atoms with Gasteiger partial charge in [-0.2, -0.15) is 0 Å². The molecule has 0 spiro atoms. The van der Waals surface area contributed by atoms with Gasteiger partial charge in [-0.15, -0.1) is 0 Å². The van der Waals surface area contributed by atoms with E-state index in [0.29, 0.717) is 6.42 Å². The minimum Gasteiger partial charge on any atom is -0.481 e. The fourth-order valence-corrected chi connectivity index (χ4v) is 2.74. The van der Waals surface area contributed by atoms with Crippen LogP contribution in [0.5, 0.6) is 0 Å². The maximum atomic E-state index is 10.7. The van der Waals surface area contributed by atoms with Crippen LogP contribution in [0, 0.1) is 5.92 Å². The van der Waals surface area contributed by atoms with Crippen LogP contribution in [0.1, 0.15) is 78.1 Å². The fourth-order valence-electron chi connectivity index (χ4n) is 2.74. The monoisotopic (exact) mass is 326 g/mol. The number of carbonyl (C=O) groups is 1. The molecule has 1 fully saturated rings. The lowest BCUT2D eigenvalue weighted by atomic mass is 10.0. The third-order valence-electron chi connectivity index (χ3n) is 4.55. The lowest BCUT2D eigenvalue weighted by molar-refractivity contribution is -0.141. The zero-order valence-electron chi connectivity index (χ0n) is 14.7. The number of hydrogen-bond acceptors (Lipinski definition) is 3. The van der Waals surface area contributed by atoms with Gasteiger partial charge in [0.15, 0.2) is 0 Å². The molecule has 2 N–H and O–H groups in total. The van der Waals surface area contributed by atoms with Crippen molar-refractivity contribution in [2.45, 2.75) is 96.4 Å². The van der Waals surface area contributed by atoms with Gasteiger partial charge in [-0.05, 0) is 19.3 Å². The van der Waals surface area contributed by atoms with Gasteiger partial charge in [-0.25, -0.2) is 0 Å². The number of hydrogen-bond donors (Lipinski definition) is 2. The average molecular weight is 326 g/mol. The number of ether oxygens (including phenoxy) is 1. The van der Waals surface area contributed by atoms with Gasteiger partial charge in [0.2, 0.25) is 0 Å². The van der Waals surface area contributed by atoms with Gasteiger partial charge in [-0.3, -0.25) is 4.79 Å². The van der Waals surface area contributed by atoms with Crippen molar-refractivity contribution >= 4 is 5.97 Å². The van der Waals surface area contributed by atoms with Crippen molar-refractivity contribution < 1.29 is 19.7 Å². The molecule has 4 unspecified atom stereocenters. The quantitative estimate of drug-likeness (QED) is 0.283. The third-order valence-corrected chi connectivity index (χ3v) is 4.55. The van der Waals surface area contributed by atoms with Crippen molar-refractivity contribution in [3.8, 4) is 0 Å². The molecule has 0 aromatic heterocycles. The molecule has 0 bridgehead atoms. The standard InChI is InChI=1S/C19H34O4/c1-3-4-5-6-7-8-9-10-16(20)12-14-18-17(23-18)13-11-15(2)19(21)22/h12,14-18,20H,3-11,13H2,1-2H3,(H,21,22)/b14-12+. The molecule has 0 amide bonds. The Bertz CT molecular complexity index is 353. The molecule has 1 rings (SSSR count). The van der Waals surface area contributed by atoms with Crippen LogP contribution in [0.2, 0.25) is 0 Å². The van der Waals surface area contributed by atoms with E-state index < -0.39 is 5.97 Å². The van der Waals surface area contributed by atoms with Crippen LogP contribution in [-0.2, 0) is 9.53 Å². The highest BCUT2D eigenvalue weighted by molar-refractivity contribution is 5.69. The molecule has 4 nitrogen and oxygen atoms in total. The van der Waals surface area contributed by atoms with Crippen LogP contribution in [0.4, 0.5) is 0 Å². The number of carboxylic acid groups (broad SMARTS) is 1. The highest BCUT2D eigenvalue weighted by Crippen LogP contribution is 2.29. The molecule has 1 aliphatic rings. The summed E-state index contributed by atoms with van der Waals surface area (Å²) in [6, 6.07) is 0. The van der Waals surface area contributed by atoms with E-state index in [2.05, 4.69) is 6.92 Å². The van der Waals surface area contributed by atoms with Gasteiger partial charge in [0.05, 0.1) is 18.1 Å². The van der Waals surface area contributed by atoms with Gasteiger partial charge in [0.1, 0.15) is 6.10 Å². The summed E-state index contributed by atoms with van der Waals surface area (Å²) in [4.78, 5) is 10.7. The van der Waals surface area contributed by atoms with E-state index in [-0.39, 0.29) is 24.2 Å². The zero-order valence-corrected chi connectivity index (χ0v) is 14.7. The minimum absolute atomic E-state index is 0.0692. The van der Waals surface area contributed by atoms with Crippen LogP contribution in [0.15, 0.2) is 12.2 Å². The van der Waals surface area contributed by atoms with Gasteiger partial charge >= 0.3 is 5.97 Å². The van der Waals surface area contributed by atoms with Crippen LogP contribution in [-0.4, -0.2) is 34.5 Å². The summed E-state index contributed by atoms with van der Waals surface area (Å²) in [6.07, 6.45) is 14.6. The summed E-state index contributed by atoms with van der Waals surface area (Å²) in [5, 5.41) is 18.8. The predicted molar refractivity (Wildman–Crippen MR) is 92.5 cm³/mol. The molecule has 0 aromatic carbocycles. The third kappa shape index (κ3) is 9.77. The second-order valence-corrected chi connectivity index (χ2v) is 6.82. The maximum Gasteiger partial charge on any atom is 0.306 e. The summed E-state index contributed by atoms with van der Waals surface area (Å²) >= 11 is 0. The lowest BCUT2D eigenvalue weighted by Crippen LogP contribution is -2.10. The van der Waals surface area contributed by atoms with Crippen molar-refractivity contribution in [2.75, 3.05) is 0 Å². The molecular weight excluding hydrogens is 292 g/mol. The molecule has 0 radical (unpaired) electrons. The van der Waals surface area contributed by atoms with E-state index in [0.717, 1.165) is 19.3 Å². The maximum absolute atomic E-state index is 10.7. The molecule has 4 atom stereocenters. The molecule has 23 heavy (non-hydrogen) atoms. The number of carboxylic acids is 1. The van der Waals surface area contributed by atoms with Crippen LogP contribution in [0.25, 0.3) is 0 Å².